The van der Waals surface area contributed by atoms with Crippen molar-refractivity contribution in [3.8, 4) is 6.07 Å². The predicted molar refractivity (Wildman–Crippen MR) is 75.8 cm³/mol. The van der Waals surface area contributed by atoms with Gasteiger partial charge in [-0.25, -0.2) is 0 Å². The molecule has 3 N–H and O–H groups in total. The molecular weight excluding hydrogens is 238 g/mol. The summed E-state index contributed by atoms with van der Waals surface area (Å²) in [4.78, 5) is 0. The zero-order chi connectivity index (χ0) is 14.0. The highest BCUT2D eigenvalue weighted by molar-refractivity contribution is 5.63. The lowest BCUT2D eigenvalue weighted by Crippen LogP contribution is -2.07. The molecule has 0 bridgehead atoms. The molecule has 0 radical (unpaired) electrons. The molecule has 1 aromatic carbocycles. The van der Waals surface area contributed by atoms with E-state index in [2.05, 4.69) is 18.3 Å². The Labute approximate surface area is 112 Å². The zero-order valence-corrected chi connectivity index (χ0v) is 11.3. The molecule has 0 aliphatic carbocycles. The van der Waals surface area contributed by atoms with Gasteiger partial charge in [-0.1, -0.05) is 0 Å². The maximum Gasteiger partial charge on any atom is 0.106 e. The lowest BCUT2D eigenvalue weighted by molar-refractivity contribution is 0.500. The van der Waals surface area contributed by atoms with Crippen molar-refractivity contribution in [3.05, 3.63) is 46.9 Å². The normalized spacial score (nSPS) is 11.9. The summed E-state index contributed by atoms with van der Waals surface area (Å²) in [5.74, 6) is 1.82. The minimum atomic E-state index is 0.116. The van der Waals surface area contributed by atoms with Gasteiger partial charge in [-0.2, -0.15) is 5.26 Å². The molecule has 4 heteroatoms. The molecule has 4 nitrogen and oxygen atoms in total. The van der Waals surface area contributed by atoms with Gasteiger partial charge in [0.05, 0.1) is 17.3 Å². The minimum absolute atomic E-state index is 0.116. The molecule has 0 spiro atoms. The van der Waals surface area contributed by atoms with Crippen molar-refractivity contribution < 1.29 is 4.42 Å². The molecule has 2 rings (SSSR count). The minimum Gasteiger partial charge on any atom is -0.466 e. The largest absolute Gasteiger partial charge is 0.466 e. The molecule has 1 heterocycles. The molecule has 0 aliphatic heterocycles. The van der Waals surface area contributed by atoms with Crippen molar-refractivity contribution in [2.24, 2.45) is 0 Å². The summed E-state index contributed by atoms with van der Waals surface area (Å²) in [6, 6.07) is 9.55. The highest BCUT2D eigenvalue weighted by Crippen LogP contribution is 2.26. The van der Waals surface area contributed by atoms with Gasteiger partial charge < -0.3 is 15.5 Å². The van der Waals surface area contributed by atoms with Crippen LogP contribution in [0.4, 0.5) is 11.4 Å². The Morgan fingerprint density at radius 1 is 1.32 bits per heavy atom. The van der Waals surface area contributed by atoms with E-state index in [0.29, 0.717) is 11.3 Å². The van der Waals surface area contributed by atoms with Gasteiger partial charge in [0.1, 0.15) is 17.6 Å². The van der Waals surface area contributed by atoms with E-state index >= 15 is 0 Å². The van der Waals surface area contributed by atoms with Crippen LogP contribution in [0.1, 0.15) is 35.6 Å². The number of nitriles is 1. The maximum absolute atomic E-state index is 8.85. The molecule has 0 saturated carbocycles. The van der Waals surface area contributed by atoms with Crippen molar-refractivity contribution in [2.45, 2.75) is 26.8 Å². The highest BCUT2D eigenvalue weighted by Gasteiger charge is 2.12. The molecule has 1 unspecified atom stereocenters. The fourth-order valence-electron chi connectivity index (χ4n) is 2.16. The third-order valence-corrected chi connectivity index (χ3v) is 3.10. The molecule has 0 saturated heterocycles. The summed E-state index contributed by atoms with van der Waals surface area (Å²) in [5, 5.41) is 12.2. The quantitative estimate of drug-likeness (QED) is 0.823. The van der Waals surface area contributed by atoms with Gasteiger partial charge in [-0.05, 0) is 45.0 Å². The van der Waals surface area contributed by atoms with Gasteiger partial charge in [0, 0.05) is 11.3 Å². The first-order valence-electron chi connectivity index (χ1n) is 6.14. The van der Waals surface area contributed by atoms with Crippen molar-refractivity contribution in [2.75, 3.05) is 11.1 Å². The summed E-state index contributed by atoms with van der Waals surface area (Å²) in [5.41, 5.74) is 8.80. The number of rotatable bonds is 3. The number of benzene rings is 1. The van der Waals surface area contributed by atoms with E-state index in [4.69, 9.17) is 15.4 Å². The Kier molecular flexibility index (Phi) is 3.48. The van der Waals surface area contributed by atoms with Crippen molar-refractivity contribution in [3.63, 3.8) is 0 Å². The van der Waals surface area contributed by atoms with Crippen LogP contribution >= 0.6 is 0 Å². The molecular formula is C15H17N3O. The number of nitrogen functional groups attached to an aromatic ring is 1. The fourth-order valence-corrected chi connectivity index (χ4v) is 2.16. The van der Waals surface area contributed by atoms with Crippen molar-refractivity contribution >= 4 is 11.4 Å². The average molecular weight is 255 g/mol. The summed E-state index contributed by atoms with van der Waals surface area (Å²) < 4.78 is 5.53. The van der Waals surface area contributed by atoms with Gasteiger partial charge in [-0.15, -0.1) is 0 Å². The van der Waals surface area contributed by atoms with Crippen LogP contribution in [0.15, 0.2) is 28.7 Å². The molecule has 1 aromatic heterocycles. The van der Waals surface area contributed by atoms with Crippen molar-refractivity contribution in [1.82, 2.24) is 0 Å². The van der Waals surface area contributed by atoms with E-state index in [0.717, 1.165) is 22.8 Å². The Hall–Kier alpha value is -2.41. The van der Waals surface area contributed by atoms with E-state index < -0.39 is 0 Å². The number of anilines is 2. The molecule has 1 atom stereocenters. The van der Waals surface area contributed by atoms with Gasteiger partial charge in [0.25, 0.3) is 0 Å². The van der Waals surface area contributed by atoms with Gasteiger partial charge in [0.15, 0.2) is 0 Å². The summed E-state index contributed by atoms with van der Waals surface area (Å²) in [7, 11) is 0. The molecule has 98 valence electrons. The first-order chi connectivity index (χ1) is 9.01. The van der Waals surface area contributed by atoms with Crippen LogP contribution in [0.2, 0.25) is 0 Å². The third kappa shape index (κ3) is 2.71. The van der Waals surface area contributed by atoms with Crippen LogP contribution < -0.4 is 11.1 Å². The Balaban J connectivity index is 2.20. The number of aryl methyl sites for hydroxylation is 2. The predicted octanol–water partition coefficient (Wildman–Crippen LogP) is 3.52. The number of hydrogen-bond donors (Lipinski definition) is 2. The van der Waals surface area contributed by atoms with E-state index in [-0.39, 0.29) is 6.04 Å². The monoisotopic (exact) mass is 255 g/mol. The number of nitrogens with one attached hydrogen (secondary N) is 1. The summed E-state index contributed by atoms with van der Waals surface area (Å²) in [6.45, 7) is 5.95. The van der Waals surface area contributed by atoms with E-state index in [1.165, 1.54) is 0 Å². The number of furan rings is 1. The zero-order valence-electron chi connectivity index (χ0n) is 11.3. The lowest BCUT2D eigenvalue weighted by atomic mass is 10.1. The number of nitrogens with zero attached hydrogens (tertiary/aromatic N) is 1. The van der Waals surface area contributed by atoms with E-state index in [1.807, 2.05) is 26.0 Å². The molecule has 0 fully saturated rings. The summed E-state index contributed by atoms with van der Waals surface area (Å²) in [6.07, 6.45) is 0. The molecule has 0 aliphatic rings. The van der Waals surface area contributed by atoms with Crippen LogP contribution in [0, 0.1) is 25.2 Å². The number of nitrogens with two attached hydrogens (primary N) is 1. The standard InChI is InChI=1S/C15H17N3O/c1-9-6-14(11(3)19-9)10(2)18-13-5-4-12(8-16)15(17)7-13/h4-7,10,18H,17H2,1-3H3. The lowest BCUT2D eigenvalue weighted by Gasteiger charge is -2.15. The van der Waals surface area contributed by atoms with Gasteiger partial charge in [0.2, 0.25) is 0 Å². The smallest absolute Gasteiger partial charge is 0.106 e. The first-order valence-corrected chi connectivity index (χ1v) is 6.14. The second-order valence-corrected chi connectivity index (χ2v) is 4.65. The van der Waals surface area contributed by atoms with Crippen LogP contribution in [0.3, 0.4) is 0 Å². The molecule has 0 amide bonds. The molecule has 2 aromatic rings. The molecule has 19 heavy (non-hydrogen) atoms. The average Bonchev–Trinajstić information content (AvgIpc) is 2.69. The maximum atomic E-state index is 8.85. The fraction of sp³-hybridized carbons (Fsp3) is 0.267. The third-order valence-electron chi connectivity index (χ3n) is 3.10. The van der Waals surface area contributed by atoms with Gasteiger partial charge in [-0.3, -0.25) is 0 Å². The van der Waals surface area contributed by atoms with Crippen LogP contribution in [-0.2, 0) is 0 Å². The van der Waals surface area contributed by atoms with Crippen LogP contribution in [-0.4, -0.2) is 0 Å². The highest BCUT2D eigenvalue weighted by atomic mass is 16.3. The Morgan fingerprint density at radius 3 is 2.58 bits per heavy atom. The topological polar surface area (TPSA) is 75.0 Å². The first kappa shape index (κ1) is 13.0. The Bertz CT molecular complexity index is 637. The van der Waals surface area contributed by atoms with Crippen LogP contribution in [0.25, 0.3) is 0 Å². The second-order valence-electron chi connectivity index (χ2n) is 4.65. The second kappa shape index (κ2) is 5.07. The SMILES string of the molecule is Cc1cc(C(C)Nc2ccc(C#N)c(N)c2)c(C)o1. The number of hydrogen-bond acceptors (Lipinski definition) is 4. The van der Waals surface area contributed by atoms with E-state index in [9.17, 15) is 0 Å². The van der Waals surface area contributed by atoms with E-state index in [1.54, 1.807) is 12.1 Å². The van der Waals surface area contributed by atoms with Crippen LogP contribution in [0.5, 0.6) is 0 Å². The Morgan fingerprint density at radius 2 is 2.05 bits per heavy atom. The summed E-state index contributed by atoms with van der Waals surface area (Å²) >= 11 is 0. The van der Waals surface area contributed by atoms with Crippen molar-refractivity contribution in [1.29, 1.82) is 5.26 Å². The van der Waals surface area contributed by atoms with Gasteiger partial charge >= 0.3 is 0 Å².